The van der Waals surface area contributed by atoms with Crippen molar-refractivity contribution in [2.24, 2.45) is 5.92 Å². The lowest BCUT2D eigenvalue weighted by molar-refractivity contribution is 0.142. The van der Waals surface area contributed by atoms with E-state index in [-0.39, 0.29) is 5.82 Å². The maximum absolute atomic E-state index is 13.1. The largest absolute Gasteiger partial charge is 0.303 e. The molecule has 5 heteroatoms. The topological polar surface area (TPSA) is 32.3 Å². The number of rotatable bonds is 8. The van der Waals surface area contributed by atoms with Gasteiger partial charge in [0.05, 0.1) is 0 Å². The number of aryl methyl sites for hydroxylation is 1. The minimum Gasteiger partial charge on any atom is -0.303 e. The van der Waals surface area contributed by atoms with Gasteiger partial charge in [-0.25, -0.2) is 14.4 Å². The fourth-order valence-corrected chi connectivity index (χ4v) is 4.66. The second-order valence-corrected chi connectivity index (χ2v) is 9.11. The molecule has 3 aromatic rings. The van der Waals surface area contributed by atoms with Gasteiger partial charge in [0.2, 0.25) is 0 Å². The molecule has 1 aromatic heterocycles. The van der Waals surface area contributed by atoms with Crippen molar-refractivity contribution >= 4 is 0 Å². The average Bonchev–Trinajstić information content (AvgIpc) is 2.80. The van der Waals surface area contributed by atoms with Crippen molar-refractivity contribution in [1.29, 1.82) is 0 Å². The van der Waals surface area contributed by atoms with Crippen molar-refractivity contribution in [3.8, 4) is 11.4 Å². The molecule has 1 aliphatic heterocycles. The first-order valence-electron chi connectivity index (χ1n) is 11.6. The monoisotopic (exact) mass is 432 g/mol. The zero-order chi connectivity index (χ0) is 22.3. The molecule has 0 radical (unpaired) electrons. The zero-order valence-electron chi connectivity index (χ0n) is 19.2. The molecule has 1 fully saturated rings. The van der Waals surface area contributed by atoms with Crippen molar-refractivity contribution in [1.82, 2.24) is 19.8 Å². The number of hydrogen-bond donors (Lipinski definition) is 0. The standard InChI is InChI=1S/C27H33FN4/c1-21-6-3-4-8-26(21)27-29-16-24(17-30-27)19-31(2)18-23-7-5-14-32(20-23)15-13-22-9-11-25(28)12-10-22/h3-4,6,8-12,16-17,23H,5,7,13-15,18-20H2,1-2H3/t23-/m0/s1. The van der Waals surface area contributed by atoms with Crippen molar-refractivity contribution < 1.29 is 4.39 Å². The SMILES string of the molecule is Cc1ccccc1-c1ncc(CN(C)C[C@@H]2CCCN(CCc3ccc(F)cc3)C2)cn1. The second kappa shape index (κ2) is 10.8. The Hall–Kier alpha value is -2.63. The molecule has 0 N–H and O–H groups in total. The Balaban J connectivity index is 1.25. The molecule has 1 atom stereocenters. The first kappa shape index (κ1) is 22.6. The number of nitrogens with zero attached hydrogens (tertiary/aromatic N) is 4. The predicted octanol–water partition coefficient (Wildman–Crippen LogP) is 4.98. The number of piperidine rings is 1. The summed E-state index contributed by atoms with van der Waals surface area (Å²) in [6.45, 7) is 7.37. The molecular formula is C27H33FN4. The van der Waals surface area contributed by atoms with Gasteiger partial charge in [0.25, 0.3) is 0 Å². The van der Waals surface area contributed by atoms with Crippen LogP contribution in [0.1, 0.15) is 29.5 Å². The number of likely N-dealkylation sites (tertiary alicyclic amines) is 1. The van der Waals surface area contributed by atoms with Crippen LogP contribution in [0.25, 0.3) is 11.4 Å². The minimum absolute atomic E-state index is 0.162. The van der Waals surface area contributed by atoms with Gasteiger partial charge in [-0.2, -0.15) is 0 Å². The molecular weight excluding hydrogens is 399 g/mol. The summed E-state index contributed by atoms with van der Waals surface area (Å²) in [5.74, 6) is 1.30. The zero-order valence-corrected chi connectivity index (χ0v) is 19.2. The van der Waals surface area contributed by atoms with Gasteiger partial charge in [-0.3, -0.25) is 0 Å². The Bertz CT molecular complexity index is 987. The van der Waals surface area contributed by atoms with Gasteiger partial charge in [-0.1, -0.05) is 36.4 Å². The Morgan fingerprint density at radius 2 is 1.78 bits per heavy atom. The summed E-state index contributed by atoms with van der Waals surface area (Å²) in [6.07, 6.45) is 7.42. The molecule has 0 spiro atoms. The van der Waals surface area contributed by atoms with Gasteiger partial charge in [-0.05, 0) is 69.0 Å². The lowest BCUT2D eigenvalue weighted by Crippen LogP contribution is -2.40. The highest BCUT2D eigenvalue weighted by atomic mass is 19.1. The van der Waals surface area contributed by atoms with E-state index >= 15 is 0 Å². The molecule has 4 rings (SSSR count). The van der Waals surface area contributed by atoms with Crippen LogP contribution in [0.2, 0.25) is 0 Å². The quantitative estimate of drug-likeness (QED) is 0.503. The van der Waals surface area contributed by atoms with Gasteiger partial charge in [0.1, 0.15) is 5.82 Å². The van der Waals surface area contributed by atoms with E-state index in [1.807, 2.05) is 36.7 Å². The summed E-state index contributed by atoms with van der Waals surface area (Å²) in [7, 11) is 2.19. The predicted molar refractivity (Wildman–Crippen MR) is 128 cm³/mol. The van der Waals surface area contributed by atoms with Gasteiger partial charge in [-0.15, -0.1) is 0 Å². The van der Waals surface area contributed by atoms with Crippen LogP contribution in [0.3, 0.4) is 0 Å². The molecule has 2 heterocycles. The second-order valence-electron chi connectivity index (χ2n) is 9.11. The summed E-state index contributed by atoms with van der Waals surface area (Å²) in [5, 5.41) is 0. The van der Waals surface area contributed by atoms with Gasteiger partial charge in [0.15, 0.2) is 5.82 Å². The molecule has 32 heavy (non-hydrogen) atoms. The van der Waals surface area contributed by atoms with Crippen LogP contribution >= 0.6 is 0 Å². The Morgan fingerprint density at radius 3 is 2.53 bits per heavy atom. The van der Waals surface area contributed by atoms with Crippen LogP contribution in [0.4, 0.5) is 4.39 Å². The number of hydrogen-bond acceptors (Lipinski definition) is 4. The number of benzene rings is 2. The summed E-state index contributed by atoms with van der Waals surface area (Å²) in [4.78, 5) is 14.2. The third kappa shape index (κ3) is 6.21. The Kier molecular flexibility index (Phi) is 7.61. The van der Waals surface area contributed by atoms with Crippen LogP contribution < -0.4 is 0 Å². The van der Waals surface area contributed by atoms with Crippen LogP contribution in [0, 0.1) is 18.7 Å². The molecule has 1 saturated heterocycles. The highest BCUT2D eigenvalue weighted by Crippen LogP contribution is 2.20. The fraction of sp³-hybridized carbons (Fsp3) is 0.407. The summed E-state index contributed by atoms with van der Waals surface area (Å²) < 4.78 is 13.1. The van der Waals surface area contributed by atoms with E-state index in [1.54, 1.807) is 12.1 Å². The van der Waals surface area contributed by atoms with E-state index in [0.29, 0.717) is 5.92 Å². The summed E-state index contributed by atoms with van der Waals surface area (Å²) in [6, 6.07) is 15.1. The smallest absolute Gasteiger partial charge is 0.159 e. The van der Waals surface area contributed by atoms with Crippen molar-refractivity contribution in [2.75, 3.05) is 33.2 Å². The van der Waals surface area contributed by atoms with Crippen LogP contribution in [0.15, 0.2) is 60.9 Å². The molecule has 0 unspecified atom stereocenters. The van der Waals surface area contributed by atoms with Crippen molar-refractivity contribution in [2.45, 2.75) is 32.7 Å². The van der Waals surface area contributed by atoms with E-state index in [1.165, 1.54) is 24.0 Å². The Morgan fingerprint density at radius 1 is 1.03 bits per heavy atom. The van der Waals surface area contributed by atoms with E-state index in [2.05, 4.69) is 45.9 Å². The summed E-state index contributed by atoms with van der Waals surface area (Å²) >= 11 is 0. The van der Waals surface area contributed by atoms with Crippen LogP contribution in [-0.2, 0) is 13.0 Å². The highest BCUT2D eigenvalue weighted by molar-refractivity contribution is 5.59. The van der Waals surface area contributed by atoms with Crippen LogP contribution in [0.5, 0.6) is 0 Å². The molecule has 1 aliphatic rings. The maximum atomic E-state index is 13.1. The molecule has 0 aliphatic carbocycles. The molecule has 2 aromatic carbocycles. The fourth-order valence-electron chi connectivity index (χ4n) is 4.66. The number of aromatic nitrogens is 2. The first-order valence-corrected chi connectivity index (χ1v) is 11.6. The first-order chi connectivity index (χ1) is 15.6. The molecule has 4 nitrogen and oxygen atoms in total. The van der Waals surface area contributed by atoms with Gasteiger partial charge >= 0.3 is 0 Å². The van der Waals surface area contributed by atoms with Crippen LogP contribution in [-0.4, -0.2) is 53.0 Å². The molecule has 0 saturated carbocycles. The minimum atomic E-state index is -0.162. The summed E-state index contributed by atoms with van der Waals surface area (Å²) in [5.41, 5.74) is 4.64. The van der Waals surface area contributed by atoms with Gasteiger partial charge < -0.3 is 9.80 Å². The van der Waals surface area contributed by atoms with E-state index in [4.69, 9.17) is 0 Å². The van der Waals surface area contributed by atoms with E-state index in [9.17, 15) is 4.39 Å². The molecule has 0 amide bonds. The lowest BCUT2D eigenvalue weighted by Gasteiger charge is -2.34. The molecule has 168 valence electrons. The average molecular weight is 433 g/mol. The Labute approximate surface area is 191 Å². The van der Waals surface area contributed by atoms with Crippen molar-refractivity contribution in [3.63, 3.8) is 0 Å². The normalized spacial score (nSPS) is 17.1. The van der Waals surface area contributed by atoms with Crippen molar-refractivity contribution in [3.05, 3.63) is 83.4 Å². The van der Waals surface area contributed by atoms with E-state index in [0.717, 1.165) is 56.1 Å². The van der Waals surface area contributed by atoms with E-state index < -0.39 is 0 Å². The molecule has 0 bridgehead atoms. The third-order valence-corrected chi connectivity index (χ3v) is 6.35. The number of halogens is 1. The van der Waals surface area contributed by atoms with Gasteiger partial charge in [0, 0.05) is 49.7 Å². The third-order valence-electron chi connectivity index (χ3n) is 6.35. The maximum Gasteiger partial charge on any atom is 0.159 e. The lowest BCUT2D eigenvalue weighted by atomic mass is 9.97. The highest BCUT2D eigenvalue weighted by Gasteiger charge is 2.21.